The number of phenolic OH excluding ortho intramolecular Hbond substituents is 1. The van der Waals surface area contributed by atoms with Crippen LogP contribution in [0.1, 0.15) is 17.5 Å². The average Bonchev–Trinajstić information content (AvgIpc) is 2.82. The van der Waals surface area contributed by atoms with E-state index < -0.39 is 47.3 Å². The molecule has 0 spiro atoms. The molecule has 2 aromatic carbocycles. The van der Waals surface area contributed by atoms with Gasteiger partial charge in [-0.25, -0.2) is 0 Å². The molecule has 10 heteroatoms. The maximum absolute atomic E-state index is 13.2. The monoisotopic (exact) mass is 490 g/mol. The third-order valence-electron chi connectivity index (χ3n) is 5.95. The molecule has 1 aliphatic rings. The summed E-state index contributed by atoms with van der Waals surface area (Å²) in [7, 11) is 1.57. The predicted octanol–water partition coefficient (Wildman–Crippen LogP) is 0.318. The van der Waals surface area contributed by atoms with Gasteiger partial charge in [0, 0.05) is 17.4 Å². The van der Waals surface area contributed by atoms with Gasteiger partial charge in [0.25, 0.3) is 0 Å². The summed E-state index contributed by atoms with van der Waals surface area (Å²) in [6, 6.07) is 12.5. The lowest BCUT2D eigenvalue weighted by Gasteiger charge is -2.40. The van der Waals surface area contributed by atoms with Crippen LogP contribution < -0.4 is 15.8 Å². The molecule has 3 rings (SSSR count). The van der Waals surface area contributed by atoms with Crippen LogP contribution in [-0.2, 0) is 21.8 Å². The highest BCUT2D eigenvalue weighted by molar-refractivity contribution is 7.99. The van der Waals surface area contributed by atoms with Crippen LogP contribution >= 0.6 is 11.8 Å². The van der Waals surface area contributed by atoms with Crippen molar-refractivity contribution in [2.24, 2.45) is 11.7 Å². The summed E-state index contributed by atoms with van der Waals surface area (Å²) < 4.78 is 5.15. The molecular weight excluding hydrogens is 460 g/mol. The first-order valence-corrected chi connectivity index (χ1v) is 11.9. The number of nitrogens with two attached hydrogens (primary N) is 1. The van der Waals surface area contributed by atoms with E-state index in [9.17, 15) is 30.0 Å². The highest BCUT2D eigenvalue weighted by Gasteiger charge is 2.46. The van der Waals surface area contributed by atoms with Gasteiger partial charge in [0.05, 0.1) is 25.2 Å². The van der Waals surface area contributed by atoms with Crippen molar-refractivity contribution in [3.05, 3.63) is 59.7 Å². The second-order valence-corrected chi connectivity index (χ2v) is 9.51. The van der Waals surface area contributed by atoms with E-state index in [1.807, 2.05) is 12.1 Å². The summed E-state index contributed by atoms with van der Waals surface area (Å²) in [5, 5.41) is 42.4. The number of nitrogens with one attached hydrogen (secondary N) is 1. The maximum Gasteiger partial charge on any atom is 0.240 e. The Morgan fingerprint density at radius 2 is 1.68 bits per heavy atom. The Labute approximate surface area is 201 Å². The van der Waals surface area contributed by atoms with E-state index in [0.29, 0.717) is 17.1 Å². The van der Waals surface area contributed by atoms with Gasteiger partial charge < -0.3 is 36.2 Å². The first-order chi connectivity index (χ1) is 16.2. The lowest BCUT2D eigenvalue weighted by molar-refractivity contribution is -0.139. The van der Waals surface area contributed by atoms with E-state index in [2.05, 4.69) is 5.32 Å². The number of carbonyl (C=O) groups is 2. The van der Waals surface area contributed by atoms with E-state index in [0.717, 1.165) is 5.56 Å². The van der Waals surface area contributed by atoms with Gasteiger partial charge in [-0.05, 0) is 41.8 Å². The van der Waals surface area contributed by atoms with E-state index in [1.165, 1.54) is 23.9 Å². The van der Waals surface area contributed by atoms with Crippen molar-refractivity contribution in [2.45, 2.75) is 48.2 Å². The first-order valence-electron chi connectivity index (χ1n) is 10.9. The third kappa shape index (κ3) is 6.41. The Hall–Kier alpha value is -2.79. The Morgan fingerprint density at radius 3 is 2.26 bits per heavy atom. The lowest BCUT2D eigenvalue weighted by Crippen LogP contribution is -2.58. The predicted molar refractivity (Wildman–Crippen MR) is 127 cm³/mol. The molecule has 1 aliphatic carbocycles. The van der Waals surface area contributed by atoms with Crippen molar-refractivity contribution in [3.8, 4) is 11.5 Å². The van der Waals surface area contributed by atoms with Crippen molar-refractivity contribution in [2.75, 3.05) is 7.11 Å². The summed E-state index contributed by atoms with van der Waals surface area (Å²) >= 11 is 1.29. The number of aliphatic hydroxyl groups is 3. The molecule has 1 fully saturated rings. The quantitative estimate of drug-likeness (QED) is 0.293. The van der Waals surface area contributed by atoms with Crippen LogP contribution in [0.4, 0.5) is 0 Å². The molecule has 34 heavy (non-hydrogen) atoms. The number of hydrogen-bond donors (Lipinski definition) is 6. The molecule has 1 saturated carbocycles. The summed E-state index contributed by atoms with van der Waals surface area (Å²) in [6.45, 7) is 0. The molecule has 0 unspecified atom stereocenters. The van der Waals surface area contributed by atoms with Crippen molar-refractivity contribution < 1.29 is 34.8 Å². The summed E-state index contributed by atoms with van der Waals surface area (Å²) in [5.41, 5.74) is 7.12. The molecule has 2 amide bonds. The highest BCUT2D eigenvalue weighted by Crippen LogP contribution is 2.36. The fraction of sp³-hybridized carbons (Fsp3) is 0.417. The third-order valence-corrected chi connectivity index (χ3v) is 7.44. The van der Waals surface area contributed by atoms with Crippen LogP contribution in [0, 0.1) is 5.92 Å². The number of phenols is 1. The zero-order valence-electron chi connectivity index (χ0n) is 18.7. The van der Waals surface area contributed by atoms with E-state index in [1.54, 1.807) is 31.4 Å². The highest BCUT2D eigenvalue weighted by atomic mass is 32.2. The summed E-state index contributed by atoms with van der Waals surface area (Å²) in [5.74, 6) is -0.915. The second-order valence-electron chi connectivity index (χ2n) is 8.35. The van der Waals surface area contributed by atoms with Crippen molar-refractivity contribution in [1.82, 2.24) is 5.32 Å². The molecule has 0 heterocycles. The van der Waals surface area contributed by atoms with E-state index >= 15 is 0 Å². The average molecular weight is 491 g/mol. The van der Waals surface area contributed by atoms with Gasteiger partial charge in [-0.15, -0.1) is 0 Å². The molecular formula is C24H30N2O7S. The summed E-state index contributed by atoms with van der Waals surface area (Å²) in [4.78, 5) is 25.2. The maximum atomic E-state index is 13.2. The van der Waals surface area contributed by atoms with E-state index in [4.69, 9.17) is 10.5 Å². The number of aromatic hydroxyl groups is 1. The fourth-order valence-electron chi connectivity index (χ4n) is 3.95. The SMILES string of the molecule is COc1ccc(CS[C@@H]2[C@@H](O)[C@@H](O)[C@H](O)C[C@@H]2C(=O)N[C@@H](Cc2ccc(O)cc2)C(N)=O)cc1. The lowest BCUT2D eigenvalue weighted by atomic mass is 9.82. The van der Waals surface area contributed by atoms with Crippen LogP contribution in [-0.4, -0.2) is 69.0 Å². The Balaban J connectivity index is 1.72. The molecule has 9 nitrogen and oxygen atoms in total. The Kier molecular flexibility index (Phi) is 8.78. The summed E-state index contributed by atoms with van der Waals surface area (Å²) in [6.07, 6.45) is -3.97. The number of primary amides is 1. The fourth-order valence-corrected chi connectivity index (χ4v) is 5.35. The van der Waals surface area contributed by atoms with Gasteiger partial charge in [-0.1, -0.05) is 24.3 Å². The zero-order chi connectivity index (χ0) is 24.8. The van der Waals surface area contributed by atoms with Crippen molar-refractivity contribution in [1.29, 1.82) is 0 Å². The number of benzene rings is 2. The molecule has 0 aliphatic heterocycles. The minimum atomic E-state index is -1.39. The second kappa shape index (κ2) is 11.6. The van der Waals surface area contributed by atoms with Crippen molar-refractivity contribution >= 4 is 23.6 Å². The van der Waals surface area contributed by atoms with Gasteiger partial charge in [0.1, 0.15) is 23.6 Å². The number of aliphatic hydroxyl groups excluding tert-OH is 3. The minimum absolute atomic E-state index is 0.0730. The molecule has 2 aromatic rings. The van der Waals surface area contributed by atoms with Gasteiger partial charge in [0.2, 0.25) is 11.8 Å². The Morgan fingerprint density at radius 1 is 1.06 bits per heavy atom. The number of amides is 2. The first kappa shape index (κ1) is 25.8. The van der Waals surface area contributed by atoms with Crippen LogP contribution in [0.5, 0.6) is 11.5 Å². The molecule has 7 N–H and O–H groups in total. The number of hydrogen-bond acceptors (Lipinski definition) is 8. The molecule has 6 atom stereocenters. The molecule has 0 saturated heterocycles. The molecule has 0 aromatic heterocycles. The van der Waals surface area contributed by atoms with E-state index in [-0.39, 0.29) is 18.6 Å². The van der Waals surface area contributed by atoms with Crippen LogP contribution in [0.2, 0.25) is 0 Å². The minimum Gasteiger partial charge on any atom is -0.508 e. The van der Waals surface area contributed by atoms with Crippen LogP contribution in [0.3, 0.4) is 0 Å². The largest absolute Gasteiger partial charge is 0.508 e. The van der Waals surface area contributed by atoms with Gasteiger partial charge in [-0.3, -0.25) is 9.59 Å². The Bertz CT molecular complexity index is 970. The number of rotatable bonds is 9. The number of thioether (sulfide) groups is 1. The number of carbonyl (C=O) groups excluding carboxylic acids is 2. The van der Waals surface area contributed by atoms with Crippen LogP contribution in [0.25, 0.3) is 0 Å². The molecule has 184 valence electrons. The zero-order valence-corrected chi connectivity index (χ0v) is 19.5. The smallest absolute Gasteiger partial charge is 0.240 e. The van der Waals surface area contributed by atoms with Gasteiger partial charge >= 0.3 is 0 Å². The molecule has 0 radical (unpaired) electrons. The number of methoxy groups -OCH3 is 1. The standard InChI is InChI=1S/C24H30N2O7S/c1-33-16-8-4-14(5-9-16)12-34-22-17(11-19(28)20(29)21(22)30)24(32)26-18(23(25)31)10-13-2-6-15(27)7-3-13/h2-9,17-22,27-30H,10-12H2,1H3,(H2,25,31)(H,26,32)/t17-,18-,19+,20-,21-,22-/m0/s1. The van der Waals surface area contributed by atoms with Crippen LogP contribution in [0.15, 0.2) is 48.5 Å². The number of ether oxygens (including phenoxy) is 1. The topological polar surface area (TPSA) is 162 Å². The van der Waals surface area contributed by atoms with Gasteiger partial charge in [0.15, 0.2) is 0 Å². The molecule has 0 bridgehead atoms. The van der Waals surface area contributed by atoms with Gasteiger partial charge in [-0.2, -0.15) is 11.8 Å². The normalized spacial score (nSPS) is 25.4. The van der Waals surface area contributed by atoms with Crippen molar-refractivity contribution in [3.63, 3.8) is 0 Å².